The fraction of sp³-hybridized carbons (Fsp3) is 0.325. The van der Waals surface area contributed by atoms with E-state index in [1.807, 2.05) is 12.1 Å². The largest absolute Gasteiger partial charge is 0.340 e. The quantitative estimate of drug-likeness (QED) is 0.138. The number of unbranched alkanes of at least 4 members (excludes halogenated alkanes) is 3. The summed E-state index contributed by atoms with van der Waals surface area (Å²) in [5.41, 5.74) is 8.94. The van der Waals surface area contributed by atoms with Crippen molar-refractivity contribution in [2.24, 2.45) is 0 Å². The number of aryl methyl sites for hydroxylation is 1. The summed E-state index contributed by atoms with van der Waals surface area (Å²) < 4.78 is 2.51. The normalized spacial score (nSPS) is 14.5. The number of fused-ring (bicyclic) bond motifs is 3. The number of aromatic nitrogens is 1. The SMILES string of the molecule is CCCCCCc1ccc2c(c1)c1c(n2Cc2ccccc2)CCCC1C(=O)N(Cc1ccccc1)Cc1ccccc1. The van der Waals surface area contributed by atoms with E-state index in [0.29, 0.717) is 13.1 Å². The van der Waals surface area contributed by atoms with E-state index in [-0.39, 0.29) is 11.8 Å². The maximum Gasteiger partial charge on any atom is 0.230 e. The van der Waals surface area contributed by atoms with Crippen LogP contribution in [0.15, 0.2) is 109 Å². The second kappa shape index (κ2) is 13.9. The van der Waals surface area contributed by atoms with E-state index in [2.05, 4.69) is 113 Å². The number of benzene rings is 4. The Morgan fingerprint density at radius 2 is 1.37 bits per heavy atom. The average molecular weight is 569 g/mol. The standard InChI is InChI=1S/C40H44N2O/c1-2-3-4-8-16-31-25-26-37-36(27-31)39-35(23-15-24-38(39)42(37)30-34-21-13-7-14-22-34)40(43)41(28-32-17-9-5-10-18-32)29-33-19-11-6-12-20-33/h5-7,9-14,17-22,25-27,35H,2-4,8,15-16,23-24,28-30H2,1H3. The highest BCUT2D eigenvalue weighted by atomic mass is 16.2. The van der Waals surface area contributed by atoms with Crippen molar-refractivity contribution in [1.29, 1.82) is 0 Å². The predicted octanol–water partition coefficient (Wildman–Crippen LogP) is 9.46. The molecule has 43 heavy (non-hydrogen) atoms. The monoisotopic (exact) mass is 568 g/mol. The van der Waals surface area contributed by atoms with Crippen molar-refractivity contribution >= 4 is 16.8 Å². The van der Waals surface area contributed by atoms with Gasteiger partial charge in [-0.3, -0.25) is 4.79 Å². The van der Waals surface area contributed by atoms with Crippen LogP contribution in [-0.2, 0) is 37.3 Å². The summed E-state index contributed by atoms with van der Waals surface area (Å²) in [6, 6.07) is 38.7. The zero-order valence-corrected chi connectivity index (χ0v) is 25.6. The van der Waals surface area contributed by atoms with Gasteiger partial charge in [-0.15, -0.1) is 0 Å². The number of hydrogen-bond acceptors (Lipinski definition) is 1. The van der Waals surface area contributed by atoms with E-state index in [0.717, 1.165) is 32.2 Å². The molecule has 1 amide bonds. The van der Waals surface area contributed by atoms with Gasteiger partial charge in [0.05, 0.1) is 5.92 Å². The van der Waals surface area contributed by atoms with Crippen molar-refractivity contribution in [3.8, 4) is 0 Å². The fourth-order valence-electron chi connectivity index (χ4n) is 6.90. The molecule has 1 aliphatic carbocycles. The Kier molecular flexibility index (Phi) is 9.37. The lowest BCUT2D eigenvalue weighted by Gasteiger charge is -2.31. The van der Waals surface area contributed by atoms with Gasteiger partial charge in [-0.1, -0.05) is 123 Å². The Bertz CT molecular complexity index is 1580. The van der Waals surface area contributed by atoms with Crippen LogP contribution in [0.25, 0.3) is 10.9 Å². The molecule has 0 aliphatic heterocycles. The van der Waals surface area contributed by atoms with Gasteiger partial charge >= 0.3 is 0 Å². The second-order valence-electron chi connectivity index (χ2n) is 12.2. The molecule has 1 aromatic heterocycles. The van der Waals surface area contributed by atoms with Crippen molar-refractivity contribution < 1.29 is 4.79 Å². The van der Waals surface area contributed by atoms with Gasteiger partial charge in [-0.2, -0.15) is 0 Å². The third kappa shape index (κ3) is 6.77. The van der Waals surface area contributed by atoms with Crippen LogP contribution in [0.2, 0.25) is 0 Å². The van der Waals surface area contributed by atoms with E-state index in [9.17, 15) is 4.79 Å². The molecule has 220 valence electrons. The van der Waals surface area contributed by atoms with Crippen molar-refractivity contribution in [1.82, 2.24) is 9.47 Å². The maximum absolute atomic E-state index is 14.7. The highest BCUT2D eigenvalue weighted by Crippen LogP contribution is 2.41. The molecule has 0 fully saturated rings. The Morgan fingerprint density at radius 1 is 0.744 bits per heavy atom. The highest BCUT2D eigenvalue weighted by molar-refractivity contribution is 5.94. The Hall–Kier alpha value is -4.11. The van der Waals surface area contributed by atoms with Gasteiger partial charge in [0.15, 0.2) is 0 Å². The lowest BCUT2D eigenvalue weighted by atomic mass is 9.83. The summed E-state index contributed by atoms with van der Waals surface area (Å²) in [5.74, 6) is 0.117. The molecule has 0 N–H and O–H groups in total. The van der Waals surface area contributed by atoms with Crippen LogP contribution >= 0.6 is 0 Å². The molecule has 1 atom stereocenters. The predicted molar refractivity (Wildman–Crippen MR) is 178 cm³/mol. The van der Waals surface area contributed by atoms with Crippen molar-refractivity contribution in [2.45, 2.75) is 83.8 Å². The maximum atomic E-state index is 14.7. The molecule has 0 saturated heterocycles. The molecular weight excluding hydrogens is 524 g/mol. The number of hydrogen-bond donors (Lipinski definition) is 0. The molecule has 3 nitrogen and oxygen atoms in total. The van der Waals surface area contributed by atoms with Crippen molar-refractivity contribution in [2.75, 3.05) is 0 Å². The van der Waals surface area contributed by atoms with Gasteiger partial charge in [0.25, 0.3) is 0 Å². The lowest BCUT2D eigenvalue weighted by Crippen LogP contribution is -2.35. The highest BCUT2D eigenvalue weighted by Gasteiger charge is 2.34. The van der Waals surface area contributed by atoms with Gasteiger partial charge in [0.2, 0.25) is 5.91 Å². The number of carbonyl (C=O) groups is 1. The molecule has 1 unspecified atom stereocenters. The topological polar surface area (TPSA) is 25.2 Å². The number of nitrogens with zero attached hydrogens (tertiary/aromatic N) is 2. The van der Waals surface area contributed by atoms with E-state index < -0.39 is 0 Å². The Labute approximate surface area is 257 Å². The third-order valence-electron chi connectivity index (χ3n) is 9.08. The van der Waals surface area contributed by atoms with Crippen molar-refractivity contribution in [3.63, 3.8) is 0 Å². The first-order valence-corrected chi connectivity index (χ1v) is 16.3. The first-order valence-electron chi connectivity index (χ1n) is 16.3. The molecule has 0 spiro atoms. The average Bonchev–Trinajstić information content (AvgIpc) is 3.36. The van der Waals surface area contributed by atoms with Crippen LogP contribution in [0.4, 0.5) is 0 Å². The van der Waals surface area contributed by atoms with Crippen LogP contribution in [0.1, 0.15) is 84.9 Å². The van der Waals surface area contributed by atoms with Crippen LogP contribution in [0, 0.1) is 0 Å². The summed E-state index contributed by atoms with van der Waals surface area (Å²) in [4.78, 5) is 16.8. The van der Waals surface area contributed by atoms with E-state index in [1.54, 1.807) is 0 Å². The lowest BCUT2D eigenvalue weighted by molar-refractivity contribution is -0.134. The number of carbonyl (C=O) groups excluding carboxylic acids is 1. The summed E-state index contributed by atoms with van der Waals surface area (Å²) in [6.45, 7) is 4.34. The summed E-state index contributed by atoms with van der Waals surface area (Å²) >= 11 is 0. The molecule has 0 radical (unpaired) electrons. The minimum Gasteiger partial charge on any atom is -0.340 e. The molecule has 5 aromatic rings. The number of rotatable bonds is 12. The summed E-state index contributed by atoms with van der Waals surface area (Å²) in [7, 11) is 0. The van der Waals surface area contributed by atoms with Crippen LogP contribution in [0.5, 0.6) is 0 Å². The molecule has 6 rings (SSSR count). The summed E-state index contributed by atoms with van der Waals surface area (Å²) in [6.07, 6.45) is 9.08. The molecule has 1 aliphatic rings. The molecule has 3 heteroatoms. The van der Waals surface area contributed by atoms with Gasteiger partial charge in [-0.25, -0.2) is 0 Å². The molecular formula is C40H44N2O. The van der Waals surface area contributed by atoms with Gasteiger partial charge in [-0.05, 0) is 72.1 Å². The molecule has 0 saturated carbocycles. The van der Waals surface area contributed by atoms with Gasteiger partial charge in [0.1, 0.15) is 0 Å². The van der Waals surface area contributed by atoms with E-state index >= 15 is 0 Å². The number of amides is 1. The Balaban J connectivity index is 1.40. The smallest absolute Gasteiger partial charge is 0.230 e. The molecule has 4 aromatic carbocycles. The van der Waals surface area contributed by atoms with Gasteiger partial charge in [0, 0.05) is 36.2 Å². The van der Waals surface area contributed by atoms with Gasteiger partial charge < -0.3 is 9.47 Å². The van der Waals surface area contributed by atoms with Crippen LogP contribution < -0.4 is 0 Å². The van der Waals surface area contributed by atoms with Crippen LogP contribution in [0.3, 0.4) is 0 Å². The first kappa shape index (κ1) is 29.0. The van der Waals surface area contributed by atoms with Crippen LogP contribution in [-0.4, -0.2) is 15.4 Å². The third-order valence-corrected chi connectivity index (χ3v) is 9.08. The minimum absolute atomic E-state index is 0.133. The second-order valence-corrected chi connectivity index (χ2v) is 12.2. The molecule has 1 heterocycles. The van der Waals surface area contributed by atoms with Crippen molar-refractivity contribution in [3.05, 3.63) is 143 Å². The summed E-state index contributed by atoms with van der Waals surface area (Å²) in [5, 5.41) is 1.29. The fourth-order valence-corrected chi connectivity index (χ4v) is 6.90. The minimum atomic E-state index is -0.133. The molecule has 0 bridgehead atoms. The zero-order chi connectivity index (χ0) is 29.4. The Morgan fingerprint density at radius 3 is 2.00 bits per heavy atom. The van der Waals surface area contributed by atoms with E-state index in [4.69, 9.17) is 0 Å². The van der Waals surface area contributed by atoms with E-state index in [1.165, 1.54) is 70.1 Å². The first-order chi connectivity index (χ1) is 21.2. The zero-order valence-electron chi connectivity index (χ0n) is 25.6.